The van der Waals surface area contributed by atoms with Crippen molar-refractivity contribution in [1.29, 1.82) is 0 Å². The Morgan fingerprint density at radius 1 is 1.40 bits per heavy atom. The van der Waals surface area contributed by atoms with Crippen LogP contribution in [0.25, 0.3) is 0 Å². The first kappa shape index (κ1) is 11.6. The second kappa shape index (κ2) is 5.44. The summed E-state index contributed by atoms with van der Waals surface area (Å²) in [6, 6.07) is 3.79. The highest BCUT2D eigenvalue weighted by molar-refractivity contribution is 5.79. The van der Waals surface area contributed by atoms with Crippen molar-refractivity contribution < 1.29 is 4.79 Å². The largest absolute Gasteiger partial charge is 0.362 e. The summed E-state index contributed by atoms with van der Waals surface area (Å²) < 4.78 is 0. The minimum absolute atomic E-state index is 0.0862. The van der Waals surface area contributed by atoms with Crippen molar-refractivity contribution in [2.75, 3.05) is 11.9 Å². The number of nitrogens with zero attached hydrogens (tertiary/aromatic N) is 2. The molecule has 0 aliphatic heterocycles. The van der Waals surface area contributed by atoms with Crippen molar-refractivity contribution in [3.8, 4) is 0 Å². The van der Waals surface area contributed by atoms with E-state index in [1.54, 1.807) is 0 Å². The summed E-state index contributed by atoms with van der Waals surface area (Å²) in [5.41, 5.74) is 0.985. The Hall–Kier alpha value is -1.45. The fraction of sp³-hybridized carbons (Fsp3) is 0.545. The second-order valence-corrected chi connectivity index (χ2v) is 4.06. The van der Waals surface area contributed by atoms with Crippen LogP contribution in [-0.4, -0.2) is 22.5 Å². The quantitative estimate of drug-likeness (QED) is 0.798. The number of rotatable bonds is 5. The Bertz CT molecular complexity index is 319. The maximum absolute atomic E-state index is 10.7. The fourth-order valence-corrected chi connectivity index (χ4v) is 1.20. The molecule has 0 aromatic carbocycles. The summed E-state index contributed by atoms with van der Waals surface area (Å²) >= 11 is 0. The number of nitrogens with one attached hydrogen (secondary N) is 1. The summed E-state index contributed by atoms with van der Waals surface area (Å²) in [6.45, 7) is 6.12. The minimum Gasteiger partial charge on any atom is -0.362 e. The number of hydrogen-bond acceptors (Lipinski definition) is 4. The highest BCUT2D eigenvalue weighted by atomic mass is 16.1. The standard InChI is InChI=1S/C11H17N3O/c1-8(2)6-10-4-5-11(14-13-10)12-7-9(3)15/h4-5,8H,6-7H2,1-3H3,(H,12,14). The molecule has 1 N–H and O–H groups in total. The van der Waals surface area contributed by atoms with Crippen molar-refractivity contribution in [1.82, 2.24) is 10.2 Å². The number of hydrogen-bond donors (Lipinski definition) is 1. The molecule has 0 saturated carbocycles. The molecule has 0 radical (unpaired) electrons. The SMILES string of the molecule is CC(=O)CNc1ccc(CC(C)C)nn1. The third-order valence-electron chi connectivity index (χ3n) is 1.86. The zero-order chi connectivity index (χ0) is 11.3. The van der Waals surface area contributed by atoms with Gasteiger partial charge in [-0.3, -0.25) is 4.79 Å². The summed E-state index contributed by atoms with van der Waals surface area (Å²) in [7, 11) is 0. The Morgan fingerprint density at radius 3 is 2.60 bits per heavy atom. The van der Waals surface area contributed by atoms with Gasteiger partial charge in [-0.25, -0.2) is 0 Å². The third-order valence-corrected chi connectivity index (χ3v) is 1.86. The topological polar surface area (TPSA) is 54.9 Å². The van der Waals surface area contributed by atoms with Crippen LogP contribution >= 0.6 is 0 Å². The molecule has 4 heteroatoms. The molecule has 1 aromatic heterocycles. The second-order valence-electron chi connectivity index (χ2n) is 4.06. The lowest BCUT2D eigenvalue weighted by molar-refractivity contribution is -0.115. The summed E-state index contributed by atoms with van der Waals surface area (Å²) in [5, 5.41) is 11.0. The molecular formula is C11H17N3O. The van der Waals surface area contributed by atoms with Gasteiger partial charge in [0.05, 0.1) is 12.2 Å². The maximum Gasteiger partial charge on any atom is 0.149 e. The molecule has 4 nitrogen and oxygen atoms in total. The van der Waals surface area contributed by atoms with Gasteiger partial charge in [-0.05, 0) is 31.4 Å². The van der Waals surface area contributed by atoms with E-state index in [-0.39, 0.29) is 5.78 Å². The van der Waals surface area contributed by atoms with Crippen LogP contribution in [0.2, 0.25) is 0 Å². The molecular weight excluding hydrogens is 190 g/mol. The molecule has 0 amide bonds. The molecule has 0 aliphatic carbocycles. The van der Waals surface area contributed by atoms with Crippen LogP contribution < -0.4 is 5.32 Å². The molecule has 0 unspecified atom stereocenters. The maximum atomic E-state index is 10.7. The lowest BCUT2D eigenvalue weighted by Crippen LogP contribution is -2.11. The minimum atomic E-state index is 0.0862. The van der Waals surface area contributed by atoms with Crippen LogP contribution in [0.4, 0.5) is 5.82 Å². The van der Waals surface area contributed by atoms with E-state index in [1.165, 1.54) is 6.92 Å². The van der Waals surface area contributed by atoms with Gasteiger partial charge in [0.1, 0.15) is 11.6 Å². The van der Waals surface area contributed by atoms with Gasteiger partial charge in [-0.1, -0.05) is 13.8 Å². The third kappa shape index (κ3) is 4.54. The van der Waals surface area contributed by atoms with E-state index in [2.05, 4.69) is 29.4 Å². The predicted octanol–water partition coefficient (Wildman–Crippen LogP) is 1.68. The molecule has 0 saturated heterocycles. The van der Waals surface area contributed by atoms with Crippen LogP contribution in [0.1, 0.15) is 26.5 Å². The number of carbonyl (C=O) groups excluding carboxylic acids is 1. The van der Waals surface area contributed by atoms with Crippen LogP contribution in [0.3, 0.4) is 0 Å². The Morgan fingerprint density at radius 2 is 2.13 bits per heavy atom. The fourth-order valence-electron chi connectivity index (χ4n) is 1.20. The van der Waals surface area contributed by atoms with E-state index in [1.807, 2.05) is 12.1 Å². The molecule has 0 atom stereocenters. The van der Waals surface area contributed by atoms with E-state index >= 15 is 0 Å². The normalized spacial score (nSPS) is 10.4. The van der Waals surface area contributed by atoms with Gasteiger partial charge in [0, 0.05) is 0 Å². The van der Waals surface area contributed by atoms with Gasteiger partial charge >= 0.3 is 0 Å². The van der Waals surface area contributed by atoms with Gasteiger partial charge in [0.15, 0.2) is 0 Å². The molecule has 0 bridgehead atoms. The highest BCUT2D eigenvalue weighted by Crippen LogP contribution is 2.06. The van der Waals surface area contributed by atoms with E-state index < -0.39 is 0 Å². The first-order valence-corrected chi connectivity index (χ1v) is 5.14. The van der Waals surface area contributed by atoms with Gasteiger partial charge in [-0.2, -0.15) is 5.10 Å². The number of ketones is 1. The Kier molecular flexibility index (Phi) is 4.21. The first-order valence-electron chi connectivity index (χ1n) is 5.14. The predicted molar refractivity (Wildman–Crippen MR) is 59.7 cm³/mol. The van der Waals surface area contributed by atoms with Crippen molar-refractivity contribution in [3.63, 3.8) is 0 Å². The van der Waals surface area contributed by atoms with Crippen molar-refractivity contribution in [2.24, 2.45) is 5.92 Å². The van der Waals surface area contributed by atoms with Crippen molar-refractivity contribution in [2.45, 2.75) is 27.2 Å². The Labute approximate surface area is 90.1 Å². The van der Waals surface area contributed by atoms with Gasteiger partial charge < -0.3 is 5.32 Å². The van der Waals surface area contributed by atoms with Gasteiger partial charge in [-0.15, -0.1) is 5.10 Å². The average molecular weight is 207 g/mol. The van der Waals surface area contributed by atoms with Crippen LogP contribution in [-0.2, 0) is 11.2 Å². The molecule has 1 aromatic rings. The van der Waals surface area contributed by atoms with Crippen LogP contribution in [0.15, 0.2) is 12.1 Å². The van der Waals surface area contributed by atoms with E-state index in [0.717, 1.165) is 12.1 Å². The number of anilines is 1. The molecule has 0 aliphatic rings. The molecule has 0 fully saturated rings. The number of carbonyl (C=O) groups is 1. The van der Waals surface area contributed by atoms with E-state index in [9.17, 15) is 4.79 Å². The van der Waals surface area contributed by atoms with Crippen LogP contribution in [0.5, 0.6) is 0 Å². The lowest BCUT2D eigenvalue weighted by atomic mass is 10.1. The zero-order valence-electron chi connectivity index (χ0n) is 9.45. The molecule has 15 heavy (non-hydrogen) atoms. The van der Waals surface area contributed by atoms with Crippen LogP contribution in [0, 0.1) is 5.92 Å². The van der Waals surface area contributed by atoms with E-state index in [0.29, 0.717) is 18.3 Å². The Balaban J connectivity index is 2.52. The lowest BCUT2D eigenvalue weighted by Gasteiger charge is -2.05. The monoisotopic (exact) mass is 207 g/mol. The molecule has 1 rings (SSSR count). The summed E-state index contributed by atoms with van der Waals surface area (Å²) in [4.78, 5) is 10.7. The number of Topliss-reactive ketones (excluding diaryl/α,β-unsaturated/α-hetero) is 1. The average Bonchev–Trinajstić information content (AvgIpc) is 2.16. The van der Waals surface area contributed by atoms with Gasteiger partial charge in [0.2, 0.25) is 0 Å². The van der Waals surface area contributed by atoms with Gasteiger partial charge in [0.25, 0.3) is 0 Å². The smallest absolute Gasteiger partial charge is 0.149 e. The molecule has 0 spiro atoms. The summed E-state index contributed by atoms with van der Waals surface area (Å²) in [5.74, 6) is 1.32. The first-order chi connectivity index (χ1) is 7.08. The number of aromatic nitrogens is 2. The summed E-state index contributed by atoms with van der Waals surface area (Å²) in [6.07, 6.45) is 0.931. The highest BCUT2D eigenvalue weighted by Gasteiger charge is 2.01. The van der Waals surface area contributed by atoms with Crippen molar-refractivity contribution >= 4 is 11.6 Å². The van der Waals surface area contributed by atoms with Crippen molar-refractivity contribution in [3.05, 3.63) is 17.8 Å². The van der Waals surface area contributed by atoms with E-state index in [4.69, 9.17) is 0 Å². The molecule has 82 valence electrons. The molecule has 1 heterocycles. The zero-order valence-corrected chi connectivity index (χ0v) is 9.45.